The van der Waals surface area contributed by atoms with E-state index in [2.05, 4.69) is 34.3 Å². The van der Waals surface area contributed by atoms with Crippen molar-refractivity contribution in [3.63, 3.8) is 0 Å². The van der Waals surface area contributed by atoms with E-state index in [0.717, 1.165) is 0 Å². The van der Waals surface area contributed by atoms with Crippen LogP contribution >= 0.6 is 0 Å². The van der Waals surface area contributed by atoms with Crippen LogP contribution in [0.25, 0.3) is 0 Å². The molecule has 0 unspecified atom stereocenters. The lowest BCUT2D eigenvalue weighted by Gasteiger charge is -2.33. The first-order valence-corrected chi connectivity index (χ1v) is 6.15. The monoisotopic (exact) mass is 266 g/mol. The number of carboxylic acid groups (broad SMARTS) is 1. The summed E-state index contributed by atoms with van der Waals surface area (Å²) in [5.74, 6) is -0.661. The first kappa shape index (κ1) is 15.4. The van der Waals surface area contributed by atoms with Crippen molar-refractivity contribution < 1.29 is 9.90 Å². The fraction of sp³-hybridized carbons (Fsp3) is 0.615. The summed E-state index contributed by atoms with van der Waals surface area (Å²) in [6.07, 6.45) is 0. The summed E-state index contributed by atoms with van der Waals surface area (Å²) in [6.45, 7) is 8.21. The third-order valence-corrected chi connectivity index (χ3v) is 3.57. The highest BCUT2D eigenvalue weighted by Crippen LogP contribution is 2.20. The molecular formula is C13H22N4O2. The zero-order valence-electron chi connectivity index (χ0n) is 12.4. The van der Waals surface area contributed by atoms with Gasteiger partial charge in [0.1, 0.15) is 5.56 Å². The summed E-state index contributed by atoms with van der Waals surface area (Å²) in [4.78, 5) is 13.4. The number of rotatable bonds is 5. The van der Waals surface area contributed by atoms with Gasteiger partial charge in [-0.3, -0.25) is 0 Å². The number of anilines is 1. The molecule has 0 fully saturated rings. The molecule has 1 aromatic rings. The van der Waals surface area contributed by atoms with Gasteiger partial charge in [-0.15, -0.1) is 5.10 Å². The largest absolute Gasteiger partial charge is 0.478 e. The molecule has 0 bridgehead atoms. The Morgan fingerprint density at radius 2 is 1.89 bits per heavy atom. The van der Waals surface area contributed by atoms with Crippen molar-refractivity contribution in [3.8, 4) is 0 Å². The number of carbonyl (C=O) groups is 1. The number of aromatic nitrogens is 2. The summed E-state index contributed by atoms with van der Waals surface area (Å²) in [7, 11) is 3.96. The van der Waals surface area contributed by atoms with E-state index in [1.807, 2.05) is 14.1 Å². The van der Waals surface area contributed by atoms with E-state index in [-0.39, 0.29) is 11.1 Å². The number of hydrogen-bond donors (Lipinski definition) is 2. The molecule has 0 spiro atoms. The normalized spacial score (nSPS) is 11.7. The molecule has 106 valence electrons. The average molecular weight is 266 g/mol. The number of nitrogens with one attached hydrogen (secondary N) is 1. The molecule has 2 N–H and O–H groups in total. The molecule has 6 heteroatoms. The molecule has 0 aliphatic heterocycles. The molecule has 0 saturated carbocycles. The quantitative estimate of drug-likeness (QED) is 0.841. The molecule has 1 aromatic heterocycles. The van der Waals surface area contributed by atoms with E-state index in [4.69, 9.17) is 0 Å². The minimum atomic E-state index is -0.986. The Bertz CT molecular complexity index is 484. The van der Waals surface area contributed by atoms with Crippen LogP contribution in [0.3, 0.4) is 0 Å². The van der Waals surface area contributed by atoms with Gasteiger partial charge in [0, 0.05) is 12.1 Å². The van der Waals surface area contributed by atoms with Crippen molar-refractivity contribution in [1.29, 1.82) is 0 Å². The molecule has 0 saturated heterocycles. The Morgan fingerprint density at radius 3 is 2.37 bits per heavy atom. The van der Waals surface area contributed by atoms with Crippen LogP contribution in [0.4, 0.5) is 5.82 Å². The zero-order chi connectivity index (χ0) is 14.8. The lowest BCUT2D eigenvalue weighted by atomic mass is 10.0. The molecule has 0 radical (unpaired) electrons. The lowest BCUT2D eigenvalue weighted by Crippen LogP contribution is -2.44. The van der Waals surface area contributed by atoms with Gasteiger partial charge >= 0.3 is 5.97 Å². The summed E-state index contributed by atoms with van der Waals surface area (Å²) >= 11 is 0. The third kappa shape index (κ3) is 3.41. The second-order valence-corrected chi connectivity index (χ2v) is 5.50. The zero-order valence-corrected chi connectivity index (χ0v) is 12.4. The molecule has 1 heterocycles. The van der Waals surface area contributed by atoms with Gasteiger partial charge in [0.15, 0.2) is 5.82 Å². The summed E-state index contributed by atoms with van der Waals surface area (Å²) in [5, 5.41) is 20.3. The van der Waals surface area contributed by atoms with E-state index >= 15 is 0 Å². The predicted molar refractivity (Wildman–Crippen MR) is 74.7 cm³/mol. The standard InChI is InChI=1S/C13H22N4O2/c1-8-9(2)15-16-11(10(8)12(18)19)14-7-13(3,4)17(5)6/h7H2,1-6H3,(H,14,16)(H,18,19). The van der Waals surface area contributed by atoms with E-state index in [1.54, 1.807) is 13.8 Å². The maximum absolute atomic E-state index is 11.3. The fourth-order valence-corrected chi connectivity index (χ4v) is 1.45. The maximum atomic E-state index is 11.3. The molecular weight excluding hydrogens is 244 g/mol. The van der Waals surface area contributed by atoms with Crippen molar-refractivity contribution in [2.24, 2.45) is 0 Å². The lowest BCUT2D eigenvalue weighted by molar-refractivity contribution is 0.0696. The predicted octanol–water partition coefficient (Wildman–Crippen LogP) is 1.54. The molecule has 0 aliphatic rings. The average Bonchev–Trinajstić information content (AvgIpc) is 2.29. The molecule has 0 amide bonds. The molecule has 0 aliphatic carbocycles. The van der Waals surface area contributed by atoms with Crippen LogP contribution in [-0.4, -0.2) is 52.4 Å². The first-order chi connectivity index (χ1) is 8.66. The Morgan fingerprint density at radius 1 is 1.32 bits per heavy atom. The summed E-state index contributed by atoms with van der Waals surface area (Å²) < 4.78 is 0. The van der Waals surface area contributed by atoms with Crippen molar-refractivity contribution >= 4 is 11.8 Å². The molecule has 1 rings (SSSR count). The van der Waals surface area contributed by atoms with Crippen molar-refractivity contribution in [2.75, 3.05) is 26.0 Å². The Balaban J connectivity index is 3.03. The van der Waals surface area contributed by atoms with Gasteiger partial charge in [-0.2, -0.15) is 5.10 Å². The highest BCUT2D eigenvalue weighted by molar-refractivity contribution is 5.94. The van der Waals surface area contributed by atoms with Gasteiger partial charge in [0.25, 0.3) is 0 Å². The maximum Gasteiger partial charge on any atom is 0.339 e. The molecule has 0 aromatic carbocycles. The van der Waals surface area contributed by atoms with Crippen molar-refractivity contribution in [2.45, 2.75) is 33.2 Å². The minimum absolute atomic E-state index is 0.115. The van der Waals surface area contributed by atoms with Gasteiger partial charge in [-0.1, -0.05) is 0 Å². The second-order valence-electron chi connectivity index (χ2n) is 5.50. The number of aryl methyl sites for hydroxylation is 1. The van der Waals surface area contributed by atoms with Crippen LogP contribution in [0.5, 0.6) is 0 Å². The first-order valence-electron chi connectivity index (χ1n) is 6.15. The van der Waals surface area contributed by atoms with Crippen LogP contribution in [0.1, 0.15) is 35.5 Å². The number of carboxylic acids is 1. The van der Waals surface area contributed by atoms with Gasteiger partial charge in [0.05, 0.1) is 5.69 Å². The van der Waals surface area contributed by atoms with Crippen LogP contribution in [0, 0.1) is 13.8 Å². The van der Waals surface area contributed by atoms with Gasteiger partial charge in [-0.05, 0) is 47.4 Å². The minimum Gasteiger partial charge on any atom is -0.478 e. The van der Waals surface area contributed by atoms with Crippen molar-refractivity contribution in [1.82, 2.24) is 15.1 Å². The van der Waals surface area contributed by atoms with E-state index in [9.17, 15) is 9.90 Å². The highest BCUT2D eigenvalue weighted by Gasteiger charge is 2.23. The summed E-state index contributed by atoms with van der Waals surface area (Å²) in [6, 6.07) is 0. The van der Waals surface area contributed by atoms with Crippen LogP contribution in [-0.2, 0) is 0 Å². The van der Waals surface area contributed by atoms with Gasteiger partial charge in [0.2, 0.25) is 0 Å². The van der Waals surface area contributed by atoms with Crippen LogP contribution in [0.15, 0.2) is 0 Å². The highest BCUT2D eigenvalue weighted by atomic mass is 16.4. The van der Waals surface area contributed by atoms with Crippen molar-refractivity contribution in [3.05, 3.63) is 16.8 Å². The molecule has 0 atom stereocenters. The van der Waals surface area contributed by atoms with Gasteiger partial charge < -0.3 is 15.3 Å². The third-order valence-electron chi connectivity index (χ3n) is 3.57. The topological polar surface area (TPSA) is 78.4 Å². The van der Waals surface area contributed by atoms with E-state index < -0.39 is 5.97 Å². The molecule has 19 heavy (non-hydrogen) atoms. The van der Waals surface area contributed by atoms with Crippen LogP contribution in [0.2, 0.25) is 0 Å². The van der Waals surface area contributed by atoms with E-state index in [1.165, 1.54) is 0 Å². The number of nitrogens with zero attached hydrogens (tertiary/aromatic N) is 3. The Hall–Kier alpha value is -1.69. The van der Waals surface area contributed by atoms with Gasteiger partial charge in [-0.25, -0.2) is 4.79 Å². The SMILES string of the molecule is Cc1nnc(NCC(C)(C)N(C)C)c(C(=O)O)c1C. The fourth-order valence-electron chi connectivity index (χ4n) is 1.45. The van der Waals surface area contributed by atoms with E-state index in [0.29, 0.717) is 23.6 Å². The Kier molecular flexibility index (Phi) is 4.47. The Labute approximate surface area is 113 Å². The number of hydrogen-bond acceptors (Lipinski definition) is 5. The smallest absolute Gasteiger partial charge is 0.339 e. The second kappa shape index (κ2) is 5.52. The van der Waals surface area contributed by atoms with Crippen LogP contribution < -0.4 is 5.32 Å². The number of aromatic carboxylic acids is 1. The number of likely N-dealkylation sites (N-methyl/N-ethyl adjacent to an activating group) is 1. The summed E-state index contributed by atoms with van der Waals surface area (Å²) in [5.41, 5.74) is 1.36. The molecule has 6 nitrogen and oxygen atoms in total.